The summed E-state index contributed by atoms with van der Waals surface area (Å²) in [5.74, 6) is -0.592. The molecule has 0 saturated heterocycles. The van der Waals surface area contributed by atoms with E-state index in [-0.39, 0.29) is 36.5 Å². The molecule has 0 radical (unpaired) electrons. The van der Waals surface area contributed by atoms with E-state index in [1.54, 1.807) is 17.5 Å². The van der Waals surface area contributed by atoms with E-state index in [1.165, 1.54) is 30.4 Å². The summed E-state index contributed by atoms with van der Waals surface area (Å²) in [6.45, 7) is 1.82. The number of ether oxygens (including phenoxy) is 1. The van der Waals surface area contributed by atoms with Crippen LogP contribution in [-0.4, -0.2) is 29.9 Å². The molecular formula is C14H14FN3O3S. The van der Waals surface area contributed by atoms with Gasteiger partial charge in [0.1, 0.15) is 23.9 Å². The molecule has 8 heteroatoms. The number of halogens is 1. The van der Waals surface area contributed by atoms with E-state index in [2.05, 4.69) is 15.6 Å². The van der Waals surface area contributed by atoms with Crippen molar-refractivity contribution in [2.45, 2.75) is 6.92 Å². The summed E-state index contributed by atoms with van der Waals surface area (Å²) in [4.78, 5) is 26.7. The maximum absolute atomic E-state index is 12.9. The first-order valence-corrected chi connectivity index (χ1v) is 7.32. The number of hydrogen-bond donors (Lipinski definition) is 2. The Bertz CT molecular complexity index is 675. The van der Waals surface area contributed by atoms with E-state index in [1.807, 2.05) is 0 Å². The number of hydrogen-bond acceptors (Lipinski definition) is 5. The Hall–Kier alpha value is -2.48. The molecule has 2 aromatic rings. The second-order valence-corrected chi connectivity index (χ2v) is 5.14. The second kappa shape index (κ2) is 7.51. The highest BCUT2D eigenvalue weighted by Gasteiger charge is 2.10. The van der Waals surface area contributed by atoms with E-state index in [0.717, 1.165) is 0 Å². The Balaban J connectivity index is 1.75. The zero-order valence-electron chi connectivity index (χ0n) is 11.8. The summed E-state index contributed by atoms with van der Waals surface area (Å²) in [5.41, 5.74) is 0.222. The predicted molar refractivity (Wildman–Crippen MR) is 80.6 cm³/mol. The lowest BCUT2D eigenvalue weighted by Gasteiger charge is -2.06. The predicted octanol–water partition coefficient (Wildman–Crippen LogP) is 2.05. The Morgan fingerprint density at radius 3 is 2.95 bits per heavy atom. The van der Waals surface area contributed by atoms with Crippen LogP contribution in [0.3, 0.4) is 0 Å². The molecule has 6 nitrogen and oxygen atoms in total. The van der Waals surface area contributed by atoms with Crippen LogP contribution in [0.1, 0.15) is 17.4 Å². The number of nitrogens with one attached hydrogen (secondary N) is 2. The van der Waals surface area contributed by atoms with Crippen LogP contribution < -0.4 is 15.4 Å². The molecule has 2 rings (SSSR count). The highest BCUT2D eigenvalue weighted by atomic mass is 32.1. The van der Waals surface area contributed by atoms with Gasteiger partial charge in [0.15, 0.2) is 5.13 Å². The second-order valence-electron chi connectivity index (χ2n) is 4.28. The molecule has 116 valence electrons. The summed E-state index contributed by atoms with van der Waals surface area (Å²) >= 11 is 1.17. The number of amides is 2. The third kappa shape index (κ3) is 4.81. The molecule has 22 heavy (non-hydrogen) atoms. The molecule has 1 heterocycles. The standard InChI is InChI=1S/C14H14FN3O3S/c1-9(19)17-14-18-12(8-22-14)13(20)16-5-6-21-11-4-2-3-10(15)7-11/h2-4,7-8H,5-6H2,1H3,(H,16,20)(H,17,18,19). The molecule has 2 amide bonds. The molecule has 0 aliphatic heterocycles. The topological polar surface area (TPSA) is 80.3 Å². The van der Waals surface area contributed by atoms with E-state index in [4.69, 9.17) is 4.74 Å². The van der Waals surface area contributed by atoms with E-state index in [0.29, 0.717) is 10.9 Å². The number of thiazole rings is 1. The smallest absolute Gasteiger partial charge is 0.270 e. The maximum atomic E-state index is 12.9. The first-order chi connectivity index (χ1) is 10.5. The van der Waals surface area contributed by atoms with Gasteiger partial charge in [-0.3, -0.25) is 9.59 Å². The Morgan fingerprint density at radius 1 is 1.41 bits per heavy atom. The molecule has 0 unspecified atom stereocenters. The SMILES string of the molecule is CC(=O)Nc1nc(C(=O)NCCOc2cccc(F)c2)cs1. The number of nitrogens with zero attached hydrogens (tertiary/aromatic N) is 1. The summed E-state index contributed by atoms with van der Waals surface area (Å²) in [7, 11) is 0. The summed E-state index contributed by atoms with van der Waals surface area (Å²) in [6.07, 6.45) is 0. The van der Waals surface area contributed by atoms with Gasteiger partial charge in [-0.1, -0.05) is 6.07 Å². The van der Waals surface area contributed by atoms with Crippen LogP contribution in [0.4, 0.5) is 9.52 Å². The highest BCUT2D eigenvalue weighted by molar-refractivity contribution is 7.14. The first-order valence-electron chi connectivity index (χ1n) is 6.44. The number of carbonyl (C=O) groups excluding carboxylic acids is 2. The summed E-state index contributed by atoms with van der Waals surface area (Å²) in [5, 5.41) is 7.05. The van der Waals surface area contributed by atoms with Crippen LogP contribution in [0.25, 0.3) is 0 Å². The molecular weight excluding hydrogens is 309 g/mol. The minimum Gasteiger partial charge on any atom is -0.492 e. The maximum Gasteiger partial charge on any atom is 0.270 e. The minimum absolute atomic E-state index is 0.206. The number of benzene rings is 1. The van der Waals surface area contributed by atoms with Crippen molar-refractivity contribution in [2.24, 2.45) is 0 Å². The summed E-state index contributed by atoms with van der Waals surface area (Å²) in [6, 6.07) is 5.76. The largest absolute Gasteiger partial charge is 0.492 e. The molecule has 0 spiro atoms. The van der Waals surface area contributed by atoms with Crippen LogP contribution in [0, 0.1) is 5.82 Å². The molecule has 1 aromatic carbocycles. The third-order valence-corrected chi connectivity index (χ3v) is 3.23. The molecule has 0 bridgehead atoms. The average Bonchev–Trinajstić information content (AvgIpc) is 2.91. The fourth-order valence-corrected chi connectivity index (χ4v) is 2.30. The number of anilines is 1. The number of rotatable bonds is 6. The van der Waals surface area contributed by atoms with Gasteiger partial charge in [0.25, 0.3) is 5.91 Å². The molecule has 1 aromatic heterocycles. The molecule has 0 fully saturated rings. The molecule has 2 N–H and O–H groups in total. The van der Waals surface area contributed by atoms with E-state index < -0.39 is 0 Å². The monoisotopic (exact) mass is 323 g/mol. The van der Waals surface area contributed by atoms with Crippen LogP contribution >= 0.6 is 11.3 Å². The Morgan fingerprint density at radius 2 is 2.23 bits per heavy atom. The van der Waals surface area contributed by atoms with Gasteiger partial charge in [-0.15, -0.1) is 11.3 Å². The van der Waals surface area contributed by atoms with Crippen molar-refractivity contribution < 1.29 is 18.7 Å². The fourth-order valence-electron chi connectivity index (χ4n) is 1.57. The highest BCUT2D eigenvalue weighted by Crippen LogP contribution is 2.15. The quantitative estimate of drug-likeness (QED) is 0.797. The average molecular weight is 323 g/mol. The zero-order chi connectivity index (χ0) is 15.9. The molecule has 0 saturated carbocycles. The Labute approximate surface area is 130 Å². The lowest BCUT2D eigenvalue weighted by Crippen LogP contribution is -2.28. The number of carbonyl (C=O) groups is 2. The van der Waals surface area contributed by atoms with E-state index >= 15 is 0 Å². The van der Waals surface area contributed by atoms with Gasteiger partial charge in [-0.05, 0) is 12.1 Å². The first kappa shape index (κ1) is 15.9. The Kier molecular flexibility index (Phi) is 5.42. The van der Waals surface area contributed by atoms with Crippen LogP contribution in [0.5, 0.6) is 5.75 Å². The van der Waals surface area contributed by atoms with Gasteiger partial charge in [0, 0.05) is 18.4 Å². The lowest BCUT2D eigenvalue weighted by molar-refractivity contribution is -0.114. The van der Waals surface area contributed by atoms with Gasteiger partial charge >= 0.3 is 0 Å². The van der Waals surface area contributed by atoms with Crippen LogP contribution in [-0.2, 0) is 4.79 Å². The van der Waals surface area contributed by atoms with Crippen LogP contribution in [0.15, 0.2) is 29.6 Å². The van der Waals surface area contributed by atoms with Crippen molar-refractivity contribution in [2.75, 3.05) is 18.5 Å². The van der Waals surface area contributed by atoms with Crippen molar-refractivity contribution in [3.63, 3.8) is 0 Å². The summed E-state index contributed by atoms with van der Waals surface area (Å²) < 4.78 is 18.2. The van der Waals surface area contributed by atoms with Crippen molar-refractivity contribution >= 4 is 28.3 Å². The minimum atomic E-state index is -0.380. The zero-order valence-corrected chi connectivity index (χ0v) is 12.6. The van der Waals surface area contributed by atoms with Gasteiger partial charge < -0.3 is 15.4 Å². The third-order valence-electron chi connectivity index (χ3n) is 2.47. The van der Waals surface area contributed by atoms with Crippen molar-refractivity contribution in [3.05, 3.63) is 41.2 Å². The lowest BCUT2D eigenvalue weighted by atomic mass is 10.3. The number of aromatic nitrogens is 1. The van der Waals surface area contributed by atoms with Gasteiger partial charge in [-0.25, -0.2) is 9.37 Å². The molecule has 0 atom stereocenters. The van der Waals surface area contributed by atoms with Crippen molar-refractivity contribution in [1.29, 1.82) is 0 Å². The van der Waals surface area contributed by atoms with Crippen LogP contribution in [0.2, 0.25) is 0 Å². The van der Waals surface area contributed by atoms with Crippen molar-refractivity contribution in [3.8, 4) is 5.75 Å². The van der Waals surface area contributed by atoms with Gasteiger partial charge in [0.05, 0.1) is 6.54 Å². The molecule has 0 aliphatic rings. The van der Waals surface area contributed by atoms with E-state index in [9.17, 15) is 14.0 Å². The fraction of sp³-hybridized carbons (Fsp3) is 0.214. The normalized spacial score (nSPS) is 10.1. The van der Waals surface area contributed by atoms with Gasteiger partial charge in [0.2, 0.25) is 5.91 Å². The van der Waals surface area contributed by atoms with Crippen molar-refractivity contribution in [1.82, 2.24) is 10.3 Å². The van der Waals surface area contributed by atoms with Gasteiger partial charge in [-0.2, -0.15) is 0 Å². The molecule has 0 aliphatic carbocycles.